The summed E-state index contributed by atoms with van der Waals surface area (Å²) >= 11 is 0. The average Bonchev–Trinajstić information content (AvgIpc) is 3.00. The van der Waals surface area contributed by atoms with Gasteiger partial charge >= 0.3 is 0 Å². The van der Waals surface area contributed by atoms with Gasteiger partial charge < -0.3 is 0 Å². The molecule has 4 bridgehead atoms. The fraction of sp³-hybridized carbons (Fsp3) is 0.300. The number of nitrogens with zero attached hydrogens (tertiary/aromatic N) is 2. The first-order valence-electron chi connectivity index (χ1n) is 16.3. The molecule has 9 rings (SSSR count). The van der Waals surface area contributed by atoms with E-state index in [1.165, 1.54) is 57.6 Å². The van der Waals surface area contributed by atoms with Crippen LogP contribution in [-0.2, 0) is 24.2 Å². The molecule has 0 saturated heterocycles. The largest absolute Gasteiger partial charge is 0.264 e. The third kappa shape index (κ3) is 5.90. The predicted octanol–water partition coefficient (Wildman–Crippen LogP) is 9.38. The summed E-state index contributed by atoms with van der Waals surface area (Å²) in [6.45, 7) is 10.3. The zero-order chi connectivity index (χ0) is 30.3. The Hall–Kier alpha value is -3.61. The van der Waals surface area contributed by atoms with E-state index in [0.717, 1.165) is 0 Å². The van der Waals surface area contributed by atoms with Crippen molar-refractivity contribution in [2.75, 3.05) is 0 Å². The van der Waals surface area contributed by atoms with Gasteiger partial charge in [0.1, 0.15) is 0 Å². The summed E-state index contributed by atoms with van der Waals surface area (Å²) < 4.78 is 0. The number of hydrogen-bond donors (Lipinski definition) is 0. The van der Waals surface area contributed by atoms with Gasteiger partial charge in [-0.1, -0.05) is 122 Å². The molecule has 5 aromatic rings. The Bertz CT molecular complexity index is 1580. The fourth-order valence-electron chi connectivity index (χ4n) is 8.43. The molecule has 1 saturated carbocycles. The van der Waals surface area contributed by atoms with Crippen molar-refractivity contribution in [1.82, 2.24) is 9.97 Å². The molecule has 44 heavy (non-hydrogen) atoms. The van der Waals surface area contributed by atoms with Crippen molar-refractivity contribution in [3.05, 3.63) is 166 Å². The van der Waals surface area contributed by atoms with Gasteiger partial charge in [-0.3, -0.25) is 9.97 Å². The van der Waals surface area contributed by atoms with Gasteiger partial charge in [0.15, 0.2) is 0 Å². The first kappa shape index (κ1) is 29.1. The van der Waals surface area contributed by atoms with Crippen molar-refractivity contribution >= 4 is 16.1 Å². The van der Waals surface area contributed by atoms with E-state index >= 15 is 0 Å². The SMILES string of the molecule is C[Si]1(C)Cc2ccc(cc2)[C@@H]2[C@H](c3ccc(cc3)C[Si](C)(C)Cc3ccccc3C1)[C@@H](c1cccnc1)[C@H]2c1cccnc1. The summed E-state index contributed by atoms with van der Waals surface area (Å²) in [5, 5.41) is 0. The molecule has 2 aromatic heterocycles. The van der Waals surface area contributed by atoms with Crippen molar-refractivity contribution in [3.63, 3.8) is 0 Å². The number of pyridine rings is 2. The minimum Gasteiger partial charge on any atom is -0.264 e. The molecule has 1 aliphatic carbocycles. The zero-order valence-electron chi connectivity index (χ0n) is 26.6. The Morgan fingerprint density at radius 1 is 0.432 bits per heavy atom. The Kier molecular flexibility index (Phi) is 7.76. The maximum atomic E-state index is 4.57. The maximum Gasteiger partial charge on any atom is 0.0561 e. The van der Waals surface area contributed by atoms with Gasteiger partial charge in [0.05, 0.1) is 16.1 Å². The average molecular weight is 609 g/mol. The molecule has 0 amide bonds. The molecule has 3 aromatic carbocycles. The lowest BCUT2D eigenvalue weighted by Crippen LogP contribution is -2.40. The first-order chi connectivity index (χ1) is 21.3. The van der Waals surface area contributed by atoms with Crippen LogP contribution in [0.5, 0.6) is 0 Å². The molecule has 3 aliphatic heterocycles. The van der Waals surface area contributed by atoms with E-state index in [4.69, 9.17) is 0 Å². The molecule has 5 heterocycles. The minimum absolute atomic E-state index is 0.350. The van der Waals surface area contributed by atoms with E-state index in [-0.39, 0.29) is 0 Å². The van der Waals surface area contributed by atoms with Gasteiger partial charge in [0, 0.05) is 36.6 Å². The van der Waals surface area contributed by atoms with E-state index in [1.54, 1.807) is 11.1 Å². The molecule has 2 nitrogen and oxygen atoms in total. The van der Waals surface area contributed by atoms with Crippen LogP contribution in [-0.4, -0.2) is 26.1 Å². The van der Waals surface area contributed by atoms with Crippen molar-refractivity contribution in [3.8, 4) is 0 Å². The van der Waals surface area contributed by atoms with Crippen molar-refractivity contribution in [2.24, 2.45) is 0 Å². The van der Waals surface area contributed by atoms with E-state index in [1.807, 2.05) is 12.4 Å². The summed E-state index contributed by atoms with van der Waals surface area (Å²) in [5.74, 6) is 1.46. The lowest BCUT2D eigenvalue weighted by molar-refractivity contribution is 0.228. The van der Waals surface area contributed by atoms with Gasteiger partial charge in [-0.15, -0.1) is 0 Å². The van der Waals surface area contributed by atoms with Gasteiger partial charge in [-0.05, 0) is 81.5 Å². The van der Waals surface area contributed by atoms with Crippen LogP contribution >= 0.6 is 0 Å². The lowest BCUT2D eigenvalue weighted by atomic mass is 9.49. The number of aromatic nitrogens is 2. The summed E-state index contributed by atoms with van der Waals surface area (Å²) in [6, 6.07) is 42.5. The Balaban J connectivity index is 1.35. The second-order valence-corrected chi connectivity index (χ2v) is 25.0. The maximum absolute atomic E-state index is 4.57. The molecule has 0 N–H and O–H groups in total. The van der Waals surface area contributed by atoms with Crippen molar-refractivity contribution < 1.29 is 0 Å². The molecule has 4 aliphatic rings. The third-order valence-electron chi connectivity index (χ3n) is 10.2. The summed E-state index contributed by atoms with van der Waals surface area (Å²) in [4.78, 5) is 9.15. The highest BCUT2D eigenvalue weighted by Crippen LogP contribution is 2.66. The van der Waals surface area contributed by atoms with Gasteiger partial charge in [-0.2, -0.15) is 0 Å². The first-order valence-corrected chi connectivity index (χ1v) is 23.1. The smallest absolute Gasteiger partial charge is 0.0561 e. The van der Waals surface area contributed by atoms with E-state index < -0.39 is 16.1 Å². The fourth-order valence-corrected chi connectivity index (χ4v) is 14.1. The molecule has 222 valence electrons. The minimum atomic E-state index is -1.52. The van der Waals surface area contributed by atoms with Crippen LogP contribution in [0.15, 0.2) is 122 Å². The van der Waals surface area contributed by atoms with E-state index in [2.05, 4.69) is 146 Å². The molecule has 0 spiro atoms. The Morgan fingerprint density at radius 3 is 1.18 bits per heavy atom. The lowest BCUT2D eigenvalue weighted by Gasteiger charge is -2.53. The monoisotopic (exact) mass is 608 g/mol. The molecule has 0 radical (unpaired) electrons. The number of fused-ring (bicyclic) bond motifs is 2. The predicted molar refractivity (Wildman–Crippen MR) is 189 cm³/mol. The molecular formula is C40H44N2Si2. The number of hydrogen-bond acceptors (Lipinski definition) is 2. The van der Waals surface area contributed by atoms with Crippen molar-refractivity contribution in [2.45, 2.75) is 74.0 Å². The van der Waals surface area contributed by atoms with Crippen LogP contribution in [0.4, 0.5) is 0 Å². The second kappa shape index (κ2) is 11.7. The highest BCUT2D eigenvalue weighted by molar-refractivity contribution is 6.77. The number of rotatable bonds is 2. The molecule has 4 heteroatoms. The molecule has 4 atom stereocenters. The molecule has 1 fully saturated rings. The van der Waals surface area contributed by atoms with Crippen LogP contribution in [0.25, 0.3) is 0 Å². The van der Waals surface area contributed by atoms with Gasteiger partial charge in [0.2, 0.25) is 0 Å². The highest BCUT2D eigenvalue weighted by Gasteiger charge is 2.52. The van der Waals surface area contributed by atoms with Crippen molar-refractivity contribution in [1.29, 1.82) is 0 Å². The van der Waals surface area contributed by atoms with E-state index in [9.17, 15) is 0 Å². The van der Waals surface area contributed by atoms with Crippen LogP contribution in [0, 0.1) is 0 Å². The Morgan fingerprint density at radius 2 is 0.818 bits per heavy atom. The number of benzene rings is 3. The summed E-state index contributed by atoms with van der Waals surface area (Å²) in [5.41, 5.74) is 11.7. The van der Waals surface area contributed by atoms with Gasteiger partial charge in [-0.25, -0.2) is 0 Å². The quantitative estimate of drug-likeness (QED) is 0.187. The second-order valence-electron chi connectivity index (χ2n) is 15.0. The summed E-state index contributed by atoms with van der Waals surface area (Å²) in [7, 11) is -3.05. The van der Waals surface area contributed by atoms with Crippen LogP contribution in [0.3, 0.4) is 0 Å². The van der Waals surface area contributed by atoms with Crippen LogP contribution in [0.1, 0.15) is 68.2 Å². The van der Waals surface area contributed by atoms with Gasteiger partial charge in [0.25, 0.3) is 0 Å². The van der Waals surface area contributed by atoms with Crippen LogP contribution < -0.4 is 0 Å². The normalized spacial score (nSPS) is 23.9. The topological polar surface area (TPSA) is 25.8 Å². The zero-order valence-corrected chi connectivity index (χ0v) is 28.6. The van der Waals surface area contributed by atoms with Crippen LogP contribution in [0.2, 0.25) is 26.2 Å². The third-order valence-corrected chi connectivity index (χ3v) is 15.6. The Labute approximate surface area is 265 Å². The summed E-state index contributed by atoms with van der Waals surface area (Å²) in [6.07, 6.45) is 7.97. The molecular weight excluding hydrogens is 565 g/mol. The standard InChI is InChI=1S/C40H44N2Si2/c1-43(2)25-29-13-17-31(18-14-29)37-38(40(34-12-8-22-42-24-34)39(37)33-11-7-21-41-23-33)32-19-15-30(16-20-32)26-44(3,4)28-36-10-6-5-9-35(36)27-43/h5-24,37-40H,25-28H2,1-4H3/t37-,38+,39+,40-. The van der Waals surface area contributed by atoms with E-state index in [0.29, 0.717) is 23.7 Å². The highest BCUT2D eigenvalue weighted by atomic mass is 28.3. The molecule has 0 unspecified atom stereocenters.